The second kappa shape index (κ2) is 3.74. The summed E-state index contributed by atoms with van der Waals surface area (Å²) in [7, 11) is -3.59. The Kier molecular flexibility index (Phi) is 3.10. The van der Waals surface area contributed by atoms with Gasteiger partial charge < -0.3 is 5.11 Å². The van der Waals surface area contributed by atoms with Crippen LogP contribution in [0.15, 0.2) is 0 Å². The highest BCUT2D eigenvalue weighted by molar-refractivity contribution is 7.90. The number of rotatable bonds is 3. The number of aliphatic hydroxyl groups is 1. The van der Waals surface area contributed by atoms with Crippen molar-refractivity contribution >= 4 is 10.0 Å². The average Bonchev–Trinajstić information content (AvgIpc) is 2.16. The zero-order valence-electron chi connectivity index (χ0n) is 9.06. The van der Waals surface area contributed by atoms with Gasteiger partial charge in [0.25, 0.3) is 0 Å². The van der Waals surface area contributed by atoms with Crippen molar-refractivity contribution in [2.24, 2.45) is 5.41 Å². The molecule has 6 heteroatoms. The van der Waals surface area contributed by atoms with E-state index in [1.54, 1.807) is 19.9 Å². The van der Waals surface area contributed by atoms with E-state index < -0.39 is 26.8 Å². The van der Waals surface area contributed by atoms with Crippen LogP contribution in [-0.4, -0.2) is 30.9 Å². The van der Waals surface area contributed by atoms with Crippen LogP contribution in [0.5, 0.6) is 0 Å². The van der Waals surface area contributed by atoms with Crippen molar-refractivity contribution in [2.75, 3.05) is 0 Å². The second-order valence-electron chi connectivity index (χ2n) is 4.56. The maximum atomic E-state index is 11.5. The summed E-state index contributed by atoms with van der Waals surface area (Å²) in [6, 6.07) is 1.40. The fourth-order valence-corrected chi connectivity index (χ4v) is 2.61. The molecule has 1 aliphatic rings. The fourth-order valence-electron chi connectivity index (χ4n) is 1.47. The summed E-state index contributed by atoms with van der Waals surface area (Å²) in [6.07, 6.45) is -0.0766. The molecule has 0 aromatic carbocycles. The molecule has 0 aromatic rings. The Labute approximate surface area is 90.2 Å². The molecule has 86 valence electrons. The van der Waals surface area contributed by atoms with Gasteiger partial charge >= 0.3 is 0 Å². The number of hydrogen-bond acceptors (Lipinski definition) is 4. The number of nitrogens with one attached hydrogen (secondary N) is 1. The van der Waals surface area contributed by atoms with Crippen LogP contribution in [-0.2, 0) is 10.0 Å². The summed E-state index contributed by atoms with van der Waals surface area (Å²) in [4.78, 5) is 0. The molecule has 0 saturated heterocycles. The first-order chi connectivity index (χ1) is 6.71. The van der Waals surface area contributed by atoms with Gasteiger partial charge in [-0.1, -0.05) is 13.8 Å². The molecule has 0 amide bonds. The highest BCUT2D eigenvalue weighted by atomic mass is 32.2. The van der Waals surface area contributed by atoms with Gasteiger partial charge in [0.15, 0.2) is 5.25 Å². The molecule has 3 atom stereocenters. The summed E-state index contributed by atoms with van der Waals surface area (Å²) in [6.45, 7) is 4.93. The van der Waals surface area contributed by atoms with E-state index in [0.29, 0.717) is 6.42 Å². The van der Waals surface area contributed by atoms with Crippen molar-refractivity contribution in [1.29, 1.82) is 5.26 Å². The normalized spacial score (nSPS) is 31.4. The Morgan fingerprint density at radius 1 is 1.60 bits per heavy atom. The molecule has 0 bridgehead atoms. The third-order valence-electron chi connectivity index (χ3n) is 3.17. The zero-order valence-corrected chi connectivity index (χ0v) is 9.87. The maximum absolute atomic E-state index is 11.5. The SMILES string of the molecule is CC(C#N)S(=O)(=O)NC1CC(O)C1(C)C. The lowest BCUT2D eigenvalue weighted by atomic mass is 9.65. The van der Waals surface area contributed by atoms with Crippen molar-refractivity contribution in [2.45, 2.75) is 44.6 Å². The van der Waals surface area contributed by atoms with Crippen molar-refractivity contribution in [1.82, 2.24) is 4.72 Å². The van der Waals surface area contributed by atoms with Gasteiger partial charge in [-0.15, -0.1) is 0 Å². The molecule has 2 N–H and O–H groups in total. The van der Waals surface area contributed by atoms with Crippen LogP contribution < -0.4 is 4.72 Å². The first-order valence-corrected chi connectivity index (χ1v) is 6.35. The molecule has 0 aliphatic heterocycles. The molecule has 0 heterocycles. The Morgan fingerprint density at radius 3 is 2.47 bits per heavy atom. The minimum absolute atomic E-state index is 0.284. The monoisotopic (exact) mass is 232 g/mol. The van der Waals surface area contributed by atoms with E-state index in [1.807, 2.05) is 0 Å². The standard InChI is InChI=1S/C9H16N2O3S/c1-6(5-10)15(13,14)11-7-4-8(12)9(7,2)3/h6-8,11-12H,4H2,1-3H3. The third kappa shape index (κ3) is 2.14. The lowest BCUT2D eigenvalue weighted by Crippen LogP contribution is -2.61. The Morgan fingerprint density at radius 2 is 2.13 bits per heavy atom. The second-order valence-corrected chi connectivity index (χ2v) is 6.59. The molecule has 0 aromatic heterocycles. The van der Waals surface area contributed by atoms with Crippen LogP contribution in [0.3, 0.4) is 0 Å². The lowest BCUT2D eigenvalue weighted by molar-refractivity contribution is -0.0645. The van der Waals surface area contributed by atoms with E-state index in [2.05, 4.69) is 4.72 Å². The van der Waals surface area contributed by atoms with Gasteiger partial charge in [-0.05, 0) is 13.3 Å². The molecule has 1 fully saturated rings. The first-order valence-electron chi connectivity index (χ1n) is 4.80. The number of aliphatic hydroxyl groups excluding tert-OH is 1. The molecule has 3 unspecified atom stereocenters. The van der Waals surface area contributed by atoms with Crippen LogP contribution >= 0.6 is 0 Å². The topological polar surface area (TPSA) is 90.2 Å². The van der Waals surface area contributed by atoms with Gasteiger partial charge in [-0.3, -0.25) is 0 Å². The molecule has 15 heavy (non-hydrogen) atoms. The van der Waals surface area contributed by atoms with E-state index in [1.165, 1.54) is 6.92 Å². The molecule has 1 aliphatic carbocycles. The van der Waals surface area contributed by atoms with Crippen LogP contribution in [0.25, 0.3) is 0 Å². The van der Waals surface area contributed by atoms with Gasteiger partial charge in [0.05, 0.1) is 12.2 Å². The average molecular weight is 232 g/mol. The summed E-state index contributed by atoms with van der Waals surface area (Å²) < 4.78 is 25.5. The quantitative estimate of drug-likeness (QED) is 0.715. The molecule has 0 radical (unpaired) electrons. The Hall–Kier alpha value is -0.640. The van der Waals surface area contributed by atoms with Crippen LogP contribution in [0.2, 0.25) is 0 Å². The van der Waals surface area contributed by atoms with E-state index in [-0.39, 0.29) is 6.04 Å². The largest absolute Gasteiger partial charge is 0.392 e. The fraction of sp³-hybridized carbons (Fsp3) is 0.889. The van der Waals surface area contributed by atoms with Gasteiger partial charge in [0, 0.05) is 11.5 Å². The molecule has 5 nitrogen and oxygen atoms in total. The summed E-state index contributed by atoms with van der Waals surface area (Å²) in [5.41, 5.74) is -0.456. The van der Waals surface area contributed by atoms with Crippen LogP contribution in [0.4, 0.5) is 0 Å². The smallest absolute Gasteiger partial charge is 0.227 e. The number of sulfonamides is 1. The van der Waals surface area contributed by atoms with Crippen molar-refractivity contribution in [3.8, 4) is 6.07 Å². The van der Waals surface area contributed by atoms with E-state index in [0.717, 1.165) is 0 Å². The van der Waals surface area contributed by atoms with Crippen LogP contribution in [0.1, 0.15) is 27.2 Å². The van der Waals surface area contributed by atoms with E-state index >= 15 is 0 Å². The summed E-state index contributed by atoms with van der Waals surface area (Å²) in [5, 5.41) is 16.9. The first kappa shape index (κ1) is 12.4. The predicted molar refractivity (Wildman–Crippen MR) is 55.3 cm³/mol. The molecular weight excluding hydrogens is 216 g/mol. The van der Waals surface area contributed by atoms with Gasteiger partial charge in [0.2, 0.25) is 10.0 Å². The maximum Gasteiger partial charge on any atom is 0.227 e. The molecular formula is C9H16N2O3S. The van der Waals surface area contributed by atoms with Gasteiger partial charge in [-0.25, -0.2) is 13.1 Å². The van der Waals surface area contributed by atoms with E-state index in [9.17, 15) is 13.5 Å². The highest BCUT2D eigenvalue weighted by Gasteiger charge is 2.49. The summed E-state index contributed by atoms with van der Waals surface area (Å²) in [5.74, 6) is 0. The van der Waals surface area contributed by atoms with Crippen molar-refractivity contribution in [3.63, 3.8) is 0 Å². The Balaban J connectivity index is 2.70. The Bertz CT molecular complexity index is 383. The van der Waals surface area contributed by atoms with E-state index in [4.69, 9.17) is 5.26 Å². The number of nitrogens with zero attached hydrogens (tertiary/aromatic N) is 1. The molecule has 1 rings (SSSR count). The van der Waals surface area contributed by atoms with Gasteiger partial charge in [-0.2, -0.15) is 5.26 Å². The summed E-state index contributed by atoms with van der Waals surface area (Å²) >= 11 is 0. The lowest BCUT2D eigenvalue weighted by Gasteiger charge is -2.49. The highest BCUT2D eigenvalue weighted by Crippen LogP contribution is 2.40. The third-order valence-corrected chi connectivity index (χ3v) is 4.82. The molecule has 0 spiro atoms. The van der Waals surface area contributed by atoms with Crippen molar-refractivity contribution < 1.29 is 13.5 Å². The minimum atomic E-state index is -3.59. The van der Waals surface area contributed by atoms with Gasteiger partial charge in [0.1, 0.15) is 0 Å². The predicted octanol–water partition coefficient (Wildman–Crippen LogP) is -0.0227. The zero-order chi connectivity index (χ0) is 11.9. The van der Waals surface area contributed by atoms with Crippen molar-refractivity contribution in [3.05, 3.63) is 0 Å². The molecule has 1 saturated carbocycles. The minimum Gasteiger partial charge on any atom is -0.392 e. The number of hydrogen-bond donors (Lipinski definition) is 2. The number of nitriles is 1. The van der Waals surface area contributed by atoms with Crippen LogP contribution in [0, 0.1) is 16.7 Å².